The molecule has 0 fully saturated rings. The Labute approximate surface area is 119 Å². The van der Waals surface area contributed by atoms with E-state index in [2.05, 4.69) is 47.8 Å². The molecule has 1 amide bonds. The van der Waals surface area contributed by atoms with Crippen molar-refractivity contribution in [2.24, 2.45) is 0 Å². The molecule has 2 aromatic carbocycles. The Morgan fingerprint density at radius 3 is 2.55 bits per heavy atom. The Hall–Kier alpha value is -2.35. The van der Waals surface area contributed by atoms with E-state index in [0.717, 1.165) is 12.0 Å². The monoisotopic (exact) mass is 263 g/mol. The Kier molecular flexibility index (Phi) is 3.38. The number of benzene rings is 2. The lowest BCUT2D eigenvalue weighted by atomic mass is 9.93. The minimum absolute atomic E-state index is 0.0384. The van der Waals surface area contributed by atoms with Gasteiger partial charge in [-0.05, 0) is 28.7 Å². The zero-order valence-corrected chi connectivity index (χ0v) is 11.5. The van der Waals surface area contributed by atoms with Gasteiger partial charge in [-0.1, -0.05) is 54.6 Å². The topological polar surface area (TPSA) is 29.1 Å². The Bertz CT molecular complexity index is 658. The molecule has 20 heavy (non-hydrogen) atoms. The first-order chi connectivity index (χ1) is 9.79. The number of hydrogen-bond donors (Lipinski definition) is 1. The summed E-state index contributed by atoms with van der Waals surface area (Å²) in [4.78, 5) is 11.6. The number of carbonyl (C=O) groups excluding carboxylic acids is 1. The van der Waals surface area contributed by atoms with Gasteiger partial charge in [0.2, 0.25) is 5.91 Å². The van der Waals surface area contributed by atoms with Crippen LogP contribution in [-0.4, -0.2) is 13.0 Å². The first-order valence-electron chi connectivity index (χ1n) is 6.86. The van der Waals surface area contributed by atoms with Crippen LogP contribution in [0, 0.1) is 0 Å². The average molecular weight is 263 g/mol. The second-order valence-corrected chi connectivity index (χ2v) is 5.04. The lowest BCUT2D eigenvalue weighted by Crippen LogP contribution is -2.14. The predicted octanol–water partition coefficient (Wildman–Crippen LogP) is 3.35. The smallest absolute Gasteiger partial charge is 0.244 e. The second kappa shape index (κ2) is 5.33. The summed E-state index contributed by atoms with van der Waals surface area (Å²) in [6, 6.07) is 18.9. The number of rotatable bonds is 2. The molecule has 1 aliphatic rings. The standard InChI is InChI=1S/C18H17NO/c1-19-18(20)12-14-11-17(13-7-3-2-4-8-13)16-10-6-5-9-15(14)16/h2-10,12,17H,11H2,1H3,(H,19,20)/b14-12-. The fraction of sp³-hybridized carbons (Fsp3) is 0.167. The minimum Gasteiger partial charge on any atom is -0.356 e. The highest BCUT2D eigenvalue weighted by atomic mass is 16.1. The number of carbonyl (C=O) groups is 1. The van der Waals surface area contributed by atoms with Gasteiger partial charge in [0.15, 0.2) is 0 Å². The largest absolute Gasteiger partial charge is 0.356 e. The minimum atomic E-state index is -0.0384. The highest BCUT2D eigenvalue weighted by molar-refractivity contribution is 5.96. The summed E-state index contributed by atoms with van der Waals surface area (Å²) in [5, 5.41) is 2.66. The fourth-order valence-corrected chi connectivity index (χ4v) is 2.88. The number of allylic oxidation sites excluding steroid dienone is 1. The van der Waals surface area contributed by atoms with Crippen molar-refractivity contribution in [3.63, 3.8) is 0 Å². The third-order valence-corrected chi connectivity index (χ3v) is 3.86. The quantitative estimate of drug-likeness (QED) is 0.827. The van der Waals surface area contributed by atoms with E-state index in [9.17, 15) is 4.79 Å². The summed E-state index contributed by atoms with van der Waals surface area (Å²) >= 11 is 0. The fourth-order valence-electron chi connectivity index (χ4n) is 2.88. The van der Waals surface area contributed by atoms with Crippen molar-refractivity contribution < 1.29 is 4.79 Å². The van der Waals surface area contributed by atoms with Gasteiger partial charge in [0.25, 0.3) is 0 Å². The van der Waals surface area contributed by atoms with Gasteiger partial charge in [-0.2, -0.15) is 0 Å². The molecule has 0 aliphatic heterocycles. The summed E-state index contributed by atoms with van der Waals surface area (Å²) in [6.07, 6.45) is 2.61. The summed E-state index contributed by atoms with van der Waals surface area (Å²) < 4.78 is 0. The molecule has 0 saturated carbocycles. The molecule has 1 unspecified atom stereocenters. The van der Waals surface area contributed by atoms with Crippen LogP contribution in [0.2, 0.25) is 0 Å². The predicted molar refractivity (Wildman–Crippen MR) is 81.4 cm³/mol. The van der Waals surface area contributed by atoms with Crippen LogP contribution in [0.4, 0.5) is 0 Å². The van der Waals surface area contributed by atoms with Gasteiger partial charge >= 0.3 is 0 Å². The normalized spacial score (nSPS) is 18.9. The van der Waals surface area contributed by atoms with Crippen LogP contribution >= 0.6 is 0 Å². The third kappa shape index (κ3) is 2.25. The zero-order chi connectivity index (χ0) is 13.9. The Morgan fingerprint density at radius 2 is 1.80 bits per heavy atom. The molecule has 2 aromatic rings. The Morgan fingerprint density at radius 1 is 1.10 bits per heavy atom. The molecule has 0 bridgehead atoms. The number of hydrogen-bond acceptors (Lipinski definition) is 1. The van der Waals surface area contributed by atoms with Gasteiger partial charge in [-0.15, -0.1) is 0 Å². The Balaban J connectivity index is 2.05. The average Bonchev–Trinajstić information content (AvgIpc) is 2.87. The van der Waals surface area contributed by atoms with Crippen molar-refractivity contribution in [2.45, 2.75) is 12.3 Å². The van der Waals surface area contributed by atoms with Crippen LogP contribution < -0.4 is 5.32 Å². The highest BCUT2D eigenvalue weighted by Crippen LogP contribution is 2.44. The molecule has 0 heterocycles. The molecule has 3 rings (SSSR count). The molecular formula is C18H17NO. The summed E-state index contributed by atoms with van der Waals surface area (Å²) in [7, 11) is 1.66. The molecule has 1 atom stereocenters. The first kappa shape index (κ1) is 12.7. The number of fused-ring (bicyclic) bond motifs is 1. The van der Waals surface area contributed by atoms with Gasteiger partial charge in [-0.25, -0.2) is 0 Å². The van der Waals surface area contributed by atoms with Crippen LogP contribution in [0.1, 0.15) is 29.0 Å². The van der Waals surface area contributed by atoms with E-state index < -0.39 is 0 Å². The number of likely N-dealkylation sites (N-methyl/N-ethyl adjacent to an activating group) is 1. The SMILES string of the molecule is CNC(=O)/C=C1/CC(c2ccccc2)c2ccccc21. The van der Waals surface area contributed by atoms with E-state index in [1.807, 2.05) is 12.1 Å². The number of amides is 1. The van der Waals surface area contributed by atoms with Gasteiger partial charge in [0.05, 0.1) is 0 Å². The van der Waals surface area contributed by atoms with Crippen LogP contribution in [-0.2, 0) is 4.79 Å². The molecule has 0 spiro atoms. The molecule has 2 nitrogen and oxygen atoms in total. The van der Waals surface area contributed by atoms with E-state index in [-0.39, 0.29) is 5.91 Å². The van der Waals surface area contributed by atoms with Crippen LogP contribution in [0.5, 0.6) is 0 Å². The van der Waals surface area contributed by atoms with Gasteiger partial charge in [-0.3, -0.25) is 4.79 Å². The van der Waals surface area contributed by atoms with Crippen LogP contribution in [0.3, 0.4) is 0 Å². The van der Waals surface area contributed by atoms with Crippen molar-refractivity contribution >= 4 is 11.5 Å². The van der Waals surface area contributed by atoms with E-state index in [0.29, 0.717) is 5.92 Å². The van der Waals surface area contributed by atoms with Crippen molar-refractivity contribution in [3.8, 4) is 0 Å². The lowest BCUT2D eigenvalue weighted by molar-refractivity contribution is -0.116. The van der Waals surface area contributed by atoms with Crippen molar-refractivity contribution in [3.05, 3.63) is 77.4 Å². The lowest BCUT2D eigenvalue weighted by Gasteiger charge is -2.11. The van der Waals surface area contributed by atoms with Crippen LogP contribution in [0.15, 0.2) is 60.7 Å². The summed E-state index contributed by atoms with van der Waals surface area (Å²) in [5.74, 6) is 0.312. The van der Waals surface area contributed by atoms with Crippen LogP contribution in [0.25, 0.3) is 5.57 Å². The molecular weight excluding hydrogens is 246 g/mol. The van der Waals surface area contributed by atoms with E-state index in [1.165, 1.54) is 16.7 Å². The molecule has 0 aromatic heterocycles. The maximum Gasteiger partial charge on any atom is 0.244 e. The maximum atomic E-state index is 11.6. The van der Waals surface area contributed by atoms with E-state index in [1.54, 1.807) is 13.1 Å². The molecule has 1 aliphatic carbocycles. The zero-order valence-electron chi connectivity index (χ0n) is 11.5. The first-order valence-corrected chi connectivity index (χ1v) is 6.86. The van der Waals surface area contributed by atoms with Crippen molar-refractivity contribution in [1.29, 1.82) is 0 Å². The molecule has 0 saturated heterocycles. The van der Waals surface area contributed by atoms with Gasteiger partial charge in [0.1, 0.15) is 0 Å². The van der Waals surface area contributed by atoms with Gasteiger partial charge < -0.3 is 5.32 Å². The van der Waals surface area contributed by atoms with Crippen molar-refractivity contribution in [2.75, 3.05) is 7.05 Å². The summed E-state index contributed by atoms with van der Waals surface area (Å²) in [5.41, 5.74) is 4.94. The number of nitrogens with one attached hydrogen (secondary N) is 1. The van der Waals surface area contributed by atoms with Crippen molar-refractivity contribution in [1.82, 2.24) is 5.32 Å². The van der Waals surface area contributed by atoms with Gasteiger partial charge in [0, 0.05) is 19.0 Å². The van der Waals surface area contributed by atoms with E-state index >= 15 is 0 Å². The molecule has 100 valence electrons. The van der Waals surface area contributed by atoms with E-state index in [4.69, 9.17) is 0 Å². The highest BCUT2D eigenvalue weighted by Gasteiger charge is 2.27. The maximum absolute atomic E-state index is 11.6. The molecule has 2 heteroatoms. The summed E-state index contributed by atoms with van der Waals surface area (Å²) in [6.45, 7) is 0. The third-order valence-electron chi connectivity index (χ3n) is 3.86. The molecule has 1 N–H and O–H groups in total. The second-order valence-electron chi connectivity index (χ2n) is 5.04. The molecule has 0 radical (unpaired) electrons.